The van der Waals surface area contributed by atoms with Crippen LogP contribution in [0.15, 0.2) is 71.9 Å². The van der Waals surface area contributed by atoms with Crippen molar-refractivity contribution in [2.45, 2.75) is 4.90 Å². The van der Waals surface area contributed by atoms with Gasteiger partial charge in [0, 0.05) is 34.7 Å². The van der Waals surface area contributed by atoms with Gasteiger partial charge in [-0.05, 0) is 36.4 Å². The largest absolute Gasteiger partial charge is 0.497 e. The zero-order chi connectivity index (χ0) is 18.1. The van der Waals surface area contributed by atoms with Crippen molar-refractivity contribution in [2.24, 2.45) is 0 Å². The Labute approximate surface area is 153 Å². The number of fused-ring (bicyclic) bond motifs is 1. The van der Waals surface area contributed by atoms with Crippen LogP contribution in [-0.4, -0.2) is 31.9 Å². The maximum absolute atomic E-state index is 12.3. The number of methoxy groups -OCH3 is 1. The molecule has 0 saturated heterocycles. The predicted molar refractivity (Wildman–Crippen MR) is 103 cm³/mol. The molecule has 6 heteroatoms. The number of rotatable bonds is 4. The lowest BCUT2D eigenvalue weighted by atomic mass is 10.0. The maximum Gasteiger partial charge on any atom is 0.234 e. The van der Waals surface area contributed by atoms with Crippen LogP contribution >= 0.6 is 0 Å². The van der Waals surface area contributed by atoms with Gasteiger partial charge in [0.1, 0.15) is 5.75 Å². The van der Waals surface area contributed by atoms with Gasteiger partial charge in [-0.2, -0.15) is 0 Å². The highest BCUT2D eigenvalue weighted by molar-refractivity contribution is 7.84. The molecule has 0 bridgehead atoms. The fraction of sp³-hybridized carbons (Fsp3) is 0.100. The zero-order valence-corrected chi connectivity index (χ0v) is 15.2. The van der Waals surface area contributed by atoms with E-state index in [9.17, 15) is 4.21 Å². The van der Waals surface area contributed by atoms with Gasteiger partial charge in [-0.3, -0.25) is 8.61 Å². The van der Waals surface area contributed by atoms with E-state index in [0.717, 1.165) is 33.2 Å². The highest BCUT2D eigenvalue weighted by atomic mass is 32.2. The first-order chi connectivity index (χ1) is 12.7. The van der Waals surface area contributed by atoms with Crippen molar-refractivity contribution in [1.82, 2.24) is 14.4 Å². The zero-order valence-electron chi connectivity index (χ0n) is 14.4. The number of hydrogen-bond donors (Lipinski definition) is 0. The summed E-state index contributed by atoms with van der Waals surface area (Å²) >= 11 is 0. The molecular weight excluding hydrogens is 346 g/mol. The SMILES string of the molecule is COc1ccc(-c2nc3ncccn3c2-c2ccccc2S(C)=O)cc1. The minimum absolute atomic E-state index is 0.602. The molecule has 0 aliphatic carbocycles. The lowest BCUT2D eigenvalue weighted by Gasteiger charge is -2.10. The van der Waals surface area contributed by atoms with Crippen molar-refractivity contribution in [3.8, 4) is 28.3 Å². The quantitative estimate of drug-likeness (QED) is 0.553. The molecule has 4 rings (SSSR count). The van der Waals surface area contributed by atoms with Gasteiger partial charge in [0.15, 0.2) is 0 Å². The number of nitrogens with zero attached hydrogens (tertiary/aromatic N) is 3. The third-order valence-corrected chi connectivity index (χ3v) is 5.19. The number of hydrogen-bond acceptors (Lipinski definition) is 4. The molecular formula is C20H17N3O2S. The van der Waals surface area contributed by atoms with Gasteiger partial charge < -0.3 is 4.74 Å². The molecule has 5 nitrogen and oxygen atoms in total. The number of ether oxygens (including phenoxy) is 1. The molecule has 0 spiro atoms. The van der Waals surface area contributed by atoms with Crippen molar-refractivity contribution < 1.29 is 8.95 Å². The Morgan fingerprint density at radius 3 is 2.54 bits per heavy atom. The van der Waals surface area contributed by atoms with Crippen LogP contribution in [0.5, 0.6) is 5.75 Å². The second-order valence-corrected chi connectivity index (χ2v) is 7.13. The molecule has 0 fully saturated rings. The lowest BCUT2D eigenvalue weighted by Crippen LogP contribution is -1.96. The molecule has 0 saturated carbocycles. The summed E-state index contributed by atoms with van der Waals surface area (Å²) in [6.45, 7) is 0. The van der Waals surface area contributed by atoms with Gasteiger partial charge in [0.25, 0.3) is 0 Å². The highest BCUT2D eigenvalue weighted by Gasteiger charge is 2.19. The first kappa shape index (κ1) is 16.5. The second-order valence-electron chi connectivity index (χ2n) is 5.78. The van der Waals surface area contributed by atoms with Crippen LogP contribution in [0.25, 0.3) is 28.3 Å². The molecule has 2 aromatic carbocycles. The summed E-state index contributed by atoms with van der Waals surface area (Å²) in [4.78, 5) is 9.87. The standard InChI is InChI=1S/C20H17N3O2S/c1-25-15-10-8-14(9-11-15)18-19(23-13-5-12-21-20(23)22-18)16-6-3-4-7-17(16)26(2)24/h3-13H,1-2H3. The van der Waals surface area contributed by atoms with Crippen molar-refractivity contribution in [3.05, 3.63) is 67.0 Å². The molecule has 2 heterocycles. The molecule has 2 aromatic heterocycles. The van der Waals surface area contributed by atoms with Crippen LogP contribution in [0.1, 0.15) is 0 Å². The Bertz CT molecular complexity index is 1100. The molecule has 0 aliphatic heterocycles. The first-order valence-electron chi connectivity index (χ1n) is 8.09. The summed E-state index contributed by atoms with van der Waals surface area (Å²) in [5.74, 6) is 1.39. The third-order valence-electron chi connectivity index (χ3n) is 4.22. The number of imidazole rings is 1. The fourth-order valence-corrected chi connectivity index (χ4v) is 3.75. The predicted octanol–water partition coefficient (Wildman–Crippen LogP) is 3.81. The van der Waals surface area contributed by atoms with Crippen LogP contribution in [0.2, 0.25) is 0 Å². The molecule has 0 N–H and O–H groups in total. The molecule has 130 valence electrons. The molecule has 0 aliphatic rings. The number of aromatic nitrogens is 3. The molecule has 0 radical (unpaired) electrons. The van der Waals surface area contributed by atoms with E-state index in [2.05, 4.69) is 4.98 Å². The van der Waals surface area contributed by atoms with Crippen LogP contribution in [0.4, 0.5) is 0 Å². The summed E-state index contributed by atoms with van der Waals surface area (Å²) in [6.07, 6.45) is 5.33. The molecule has 0 amide bonds. The van der Waals surface area contributed by atoms with E-state index >= 15 is 0 Å². The van der Waals surface area contributed by atoms with Gasteiger partial charge in [0.2, 0.25) is 5.78 Å². The Kier molecular flexibility index (Phi) is 4.26. The van der Waals surface area contributed by atoms with Gasteiger partial charge in [-0.15, -0.1) is 0 Å². The first-order valence-corrected chi connectivity index (χ1v) is 9.65. The molecule has 1 atom stereocenters. The second kappa shape index (κ2) is 6.72. The monoisotopic (exact) mass is 363 g/mol. The number of benzene rings is 2. The Balaban J connectivity index is 2.03. The topological polar surface area (TPSA) is 56.5 Å². The minimum atomic E-state index is -1.12. The van der Waals surface area contributed by atoms with Crippen molar-refractivity contribution >= 4 is 16.6 Å². The average Bonchev–Trinajstić information content (AvgIpc) is 3.07. The third kappa shape index (κ3) is 2.78. The van der Waals surface area contributed by atoms with E-state index in [1.165, 1.54) is 0 Å². The maximum atomic E-state index is 12.3. The highest BCUT2D eigenvalue weighted by Crippen LogP contribution is 2.35. The fourth-order valence-electron chi connectivity index (χ4n) is 3.01. The summed E-state index contributed by atoms with van der Waals surface area (Å²) in [7, 11) is 0.522. The molecule has 26 heavy (non-hydrogen) atoms. The summed E-state index contributed by atoms with van der Waals surface area (Å²) in [5.41, 5.74) is 3.51. The van der Waals surface area contributed by atoms with Crippen LogP contribution < -0.4 is 4.74 Å². The van der Waals surface area contributed by atoms with E-state index in [1.807, 2.05) is 65.2 Å². The van der Waals surface area contributed by atoms with Crippen LogP contribution in [0, 0.1) is 0 Å². The molecule has 4 aromatic rings. The normalized spacial score (nSPS) is 12.2. The van der Waals surface area contributed by atoms with E-state index in [1.54, 1.807) is 19.6 Å². The minimum Gasteiger partial charge on any atom is -0.497 e. The van der Waals surface area contributed by atoms with Crippen LogP contribution in [0.3, 0.4) is 0 Å². The van der Waals surface area contributed by atoms with Gasteiger partial charge in [-0.25, -0.2) is 9.97 Å². The van der Waals surface area contributed by atoms with Crippen molar-refractivity contribution in [3.63, 3.8) is 0 Å². The van der Waals surface area contributed by atoms with Crippen molar-refractivity contribution in [1.29, 1.82) is 0 Å². The van der Waals surface area contributed by atoms with Gasteiger partial charge in [-0.1, -0.05) is 18.2 Å². The van der Waals surface area contributed by atoms with Gasteiger partial charge >= 0.3 is 0 Å². The lowest BCUT2D eigenvalue weighted by molar-refractivity contribution is 0.415. The Hall–Kier alpha value is -2.99. The van der Waals surface area contributed by atoms with Gasteiger partial charge in [0.05, 0.1) is 29.3 Å². The van der Waals surface area contributed by atoms with E-state index in [4.69, 9.17) is 9.72 Å². The van der Waals surface area contributed by atoms with E-state index < -0.39 is 10.8 Å². The smallest absolute Gasteiger partial charge is 0.234 e. The summed E-state index contributed by atoms with van der Waals surface area (Å²) in [6, 6.07) is 17.3. The van der Waals surface area contributed by atoms with E-state index in [-0.39, 0.29) is 0 Å². The summed E-state index contributed by atoms with van der Waals surface area (Å²) < 4.78 is 19.5. The average molecular weight is 363 g/mol. The Morgan fingerprint density at radius 2 is 1.81 bits per heavy atom. The van der Waals surface area contributed by atoms with Crippen molar-refractivity contribution in [2.75, 3.05) is 13.4 Å². The summed E-state index contributed by atoms with van der Waals surface area (Å²) in [5, 5.41) is 0. The molecule has 1 unspecified atom stereocenters. The van der Waals surface area contributed by atoms with Crippen LogP contribution in [-0.2, 0) is 10.8 Å². The van der Waals surface area contributed by atoms with E-state index in [0.29, 0.717) is 5.78 Å². The Morgan fingerprint density at radius 1 is 1.04 bits per heavy atom.